The minimum absolute atomic E-state index is 0.198. The highest BCUT2D eigenvalue weighted by atomic mass is 35.5. The third-order valence-electron chi connectivity index (χ3n) is 4.57. The monoisotopic (exact) mass is 432 g/mol. The standard InChI is InChI=1S/C23H29ClN2O4/c1-16(2)13-25-23(28)17(3)26(14-18-9-5-6-10-19(18)24)22(27)15-30-21-12-8-7-11-20(21)29-4/h5-12,16-17H,13-15H2,1-4H3,(H,25,28)/t17-/m0/s1. The molecule has 162 valence electrons. The van der Waals surface area contributed by atoms with Gasteiger partial charge in [0, 0.05) is 18.1 Å². The first-order valence-corrected chi connectivity index (χ1v) is 10.3. The number of para-hydroxylation sites is 2. The van der Waals surface area contributed by atoms with Gasteiger partial charge in [-0.15, -0.1) is 0 Å². The SMILES string of the molecule is COc1ccccc1OCC(=O)N(Cc1ccccc1Cl)[C@@H](C)C(=O)NCC(C)C. The van der Waals surface area contributed by atoms with E-state index in [2.05, 4.69) is 5.32 Å². The summed E-state index contributed by atoms with van der Waals surface area (Å²) in [6.07, 6.45) is 0. The molecule has 0 aliphatic heterocycles. The van der Waals surface area contributed by atoms with Crippen molar-refractivity contribution in [2.24, 2.45) is 5.92 Å². The lowest BCUT2D eigenvalue weighted by Crippen LogP contribution is -2.49. The molecule has 6 nitrogen and oxygen atoms in total. The van der Waals surface area contributed by atoms with Crippen LogP contribution in [-0.2, 0) is 16.1 Å². The van der Waals surface area contributed by atoms with Crippen LogP contribution in [0.25, 0.3) is 0 Å². The first-order valence-electron chi connectivity index (χ1n) is 9.89. The molecule has 0 bridgehead atoms. The molecular weight excluding hydrogens is 404 g/mol. The maximum Gasteiger partial charge on any atom is 0.261 e. The molecule has 7 heteroatoms. The lowest BCUT2D eigenvalue weighted by Gasteiger charge is -2.29. The summed E-state index contributed by atoms with van der Waals surface area (Å²) >= 11 is 6.29. The summed E-state index contributed by atoms with van der Waals surface area (Å²) < 4.78 is 10.9. The zero-order chi connectivity index (χ0) is 22.1. The number of rotatable bonds is 10. The van der Waals surface area contributed by atoms with Gasteiger partial charge < -0.3 is 19.7 Å². The Morgan fingerprint density at radius 3 is 2.30 bits per heavy atom. The van der Waals surface area contributed by atoms with Gasteiger partial charge in [-0.3, -0.25) is 9.59 Å². The number of amides is 2. The zero-order valence-corrected chi connectivity index (χ0v) is 18.6. The van der Waals surface area contributed by atoms with Gasteiger partial charge in [0.15, 0.2) is 18.1 Å². The molecule has 0 heterocycles. The Labute approximate surface area is 183 Å². The second-order valence-corrected chi connectivity index (χ2v) is 7.77. The lowest BCUT2D eigenvalue weighted by atomic mass is 10.1. The predicted octanol–water partition coefficient (Wildman–Crippen LogP) is 3.92. The second kappa shape index (κ2) is 11.5. The molecule has 0 aliphatic carbocycles. The fraction of sp³-hybridized carbons (Fsp3) is 0.391. The number of hydrogen-bond donors (Lipinski definition) is 1. The van der Waals surface area contributed by atoms with Crippen molar-refractivity contribution < 1.29 is 19.1 Å². The molecule has 2 rings (SSSR count). The minimum Gasteiger partial charge on any atom is -0.493 e. The van der Waals surface area contributed by atoms with Crippen LogP contribution in [0.2, 0.25) is 5.02 Å². The van der Waals surface area contributed by atoms with Gasteiger partial charge in [0.05, 0.1) is 7.11 Å². The molecule has 2 aromatic rings. The van der Waals surface area contributed by atoms with Gasteiger partial charge in [-0.05, 0) is 36.6 Å². The molecule has 0 saturated heterocycles. The van der Waals surface area contributed by atoms with Crippen LogP contribution in [0.5, 0.6) is 11.5 Å². The van der Waals surface area contributed by atoms with Crippen LogP contribution in [0.3, 0.4) is 0 Å². The van der Waals surface area contributed by atoms with Crippen molar-refractivity contribution in [1.29, 1.82) is 0 Å². The topological polar surface area (TPSA) is 67.9 Å². The van der Waals surface area contributed by atoms with Crippen LogP contribution < -0.4 is 14.8 Å². The van der Waals surface area contributed by atoms with Crippen molar-refractivity contribution in [2.45, 2.75) is 33.4 Å². The zero-order valence-electron chi connectivity index (χ0n) is 17.9. The third-order valence-corrected chi connectivity index (χ3v) is 4.94. The Hall–Kier alpha value is -2.73. The number of nitrogens with zero attached hydrogens (tertiary/aromatic N) is 1. The third kappa shape index (κ3) is 6.66. The van der Waals surface area contributed by atoms with E-state index in [1.165, 1.54) is 12.0 Å². The summed E-state index contributed by atoms with van der Waals surface area (Å²) in [6.45, 7) is 6.23. The van der Waals surface area contributed by atoms with Gasteiger partial charge in [-0.1, -0.05) is 55.8 Å². The highest BCUT2D eigenvalue weighted by Gasteiger charge is 2.27. The summed E-state index contributed by atoms with van der Waals surface area (Å²) in [5.74, 6) is 0.755. The molecule has 0 radical (unpaired) electrons. The summed E-state index contributed by atoms with van der Waals surface area (Å²) in [4.78, 5) is 27.2. The van der Waals surface area contributed by atoms with E-state index in [1.807, 2.05) is 38.1 Å². The van der Waals surface area contributed by atoms with Crippen molar-refractivity contribution in [1.82, 2.24) is 10.2 Å². The minimum atomic E-state index is -0.686. The molecule has 2 aromatic carbocycles. The smallest absolute Gasteiger partial charge is 0.261 e. The molecule has 1 N–H and O–H groups in total. The summed E-state index contributed by atoms with van der Waals surface area (Å²) in [6, 6.07) is 13.7. The molecule has 1 atom stereocenters. The number of halogens is 1. The quantitative estimate of drug-likeness (QED) is 0.618. The maximum absolute atomic E-state index is 13.1. The average molecular weight is 433 g/mol. The van der Waals surface area contributed by atoms with E-state index in [-0.39, 0.29) is 25.0 Å². The Bertz CT molecular complexity index is 857. The predicted molar refractivity (Wildman–Crippen MR) is 118 cm³/mol. The van der Waals surface area contributed by atoms with E-state index in [9.17, 15) is 9.59 Å². The van der Waals surface area contributed by atoms with Crippen molar-refractivity contribution in [3.05, 3.63) is 59.1 Å². The normalized spacial score (nSPS) is 11.7. The molecule has 0 spiro atoms. The maximum atomic E-state index is 13.1. The summed E-state index contributed by atoms with van der Waals surface area (Å²) in [5.41, 5.74) is 0.758. The number of carbonyl (C=O) groups excluding carboxylic acids is 2. The number of carbonyl (C=O) groups is 2. The molecule has 30 heavy (non-hydrogen) atoms. The van der Waals surface area contributed by atoms with Crippen LogP contribution in [0.4, 0.5) is 0 Å². The highest BCUT2D eigenvalue weighted by Crippen LogP contribution is 2.26. The number of nitrogens with one attached hydrogen (secondary N) is 1. The molecule has 0 aliphatic rings. The van der Waals surface area contributed by atoms with Gasteiger partial charge in [0.1, 0.15) is 6.04 Å². The second-order valence-electron chi connectivity index (χ2n) is 7.37. The molecule has 0 aromatic heterocycles. The summed E-state index contributed by atoms with van der Waals surface area (Å²) in [5, 5.41) is 3.42. The van der Waals surface area contributed by atoms with Gasteiger partial charge >= 0.3 is 0 Å². The van der Waals surface area contributed by atoms with E-state index in [0.717, 1.165) is 5.56 Å². The van der Waals surface area contributed by atoms with Crippen LogP contribution in [0.1, 0.15) is 26.3 Å². The number of methoxy groups -OCH3 is 1. The van der Waals surface area contributed by atoms with Crippen LogP contribution in [0.15, 0.2) is 48.5 Å². The number of benzene rings is 2. The highest BCUT2D eigenvalue weighted by molar-refractivity contribution is 6.31. The van der Waals surface area contributed by atoms with Crippen LogP contribution >= 0.6 is 11.6 Å². The lowest BCUT2D eigenvalue weighted by molar-refractivity contribution is -0.142. The van der Waals surface area contributed by atoms with Gasteiger partial charge in [0.2, 0.25) is 5.91 Å². The van der Waals surface area contributed by atoms with E-state index in [1.54, 1.807) is 31.2 Å². The Balaban J connectivity index is 2.17. The largest absolute Gasteiger partial charge is 0.493 e. The van der Waals surface area contributed by atoms with Crippen molar-refractivity contribution in [2.75, 3.05) is 20.3 Å². The van der Waals surface area contributed by atoms with E-state index in [4.69, 9.17) is 21.1 Å². The summed E-state index contributed by atoms with van der Waals surface area (Å²) in [7, 11) is 1.54. The van der Waals surface area contributed by atoms with Gasteiger partial charge in [-0.25, -0.2) is 0 Å². The van der Waals surface area contributed by atoms with E-state index in [0.29, 0.717) is 29.0 Å². The first kappa shape index (κ1) is 23.5. The van der Waals surface area contributed by atoms with Crippen molar-refractivity contribution in [3.63, 3.8) is 0 Å². The number of hydrogen-bond acceptors (Lipinski definition) is 4. The van der Waals surface area contributed by atoms with E-state index < -0.39 is 6.04 Å². The van der Waals surface area contributed by atoms with Crippen molar-refractivity contribution in [3.8, 4) is 11.5 Å². The van der Waals surface area contributed by atoms with Gasteiger partial charge in [0.25, 0.3) is 5.91 Å². The fourth-order valence-corrected chi connectivity index (χ4v) is 3.00. The van der Waals surface area contributed by atoms with Crippen LogP contribution in [0, 0.1) is 5.92 Å². The number of ether oxygens (including phenoxy) is 2. The molecule has 0 fully saturated rings. The van der Waals surface area contributed by atoms with E-state index >= 15 is 0 Å². The molecule has 0 saturated carbocycles. The first-order chi connectivity index (χ1) is 14.3. The van der Waals surface area contributed by atoms with Gasteiger partial charge in [-0.2, -0.15) is 0 Å². The molecule has 0 unspecified atom stereocenters. The Morgan fingerprint density at radius 2 is 1.67 bits per heavy atom. The molecule has 2 amide bonds. The fourth-order valence-electron chi connectivity index (χ4n) is 2.81. The molecular formula is C23H29ClN2O4. The Morgan fingerprint density at radius 1 is 1.03 bits per heavy atom. The van der Waals surface area contributed by atoms with Crippen molar-refractivity contribution >= 4 is 23.4 Å². The van der Waals surface area contributed by atoms with Crippen LogP contribution in [-0.4, -0.2) is 43.0 Å². The average Bonchev–Trinajstić information content (AvgIpc) is 2.74. The Kier molecular flexibility index (Phi) is 8.99.